The zero-order chi connectivity index (χ0) is 15.3. The molecule has 0 atom stereocenters. The quantitative estimate of drug-likeness (QED) is 0.651. The van der Waals surface area contributed by atoms with Gasteiger partial charge in [-0.05, 0) is 12.1 Å². The van der Waals surface area contributed by atoms with E-state index in [2.05, 4.69) is 5.32 Å². The molecular weight excluding hydrogens is 287 g/mol. The number of benzene rings is 1. The number of hydrogen-bond donors (Lipinski definition) is 2. The third kappa shape index (κ3) is 4.48. The predicted octanol–water partition coefficient (Wildman–Crippen LogP) is 1.37. The van der Waals surface area contributed by atoms with Gasteiger partial charge in [0.05, 0.1) is 5.56 Å². The number of hydrogen-bond acceptors (Lipinski definition) is 2. The second kappa shape index (κ2) is 6.31. The molecule has 9 heteroatoms. The molecule has 4 nitrogen and oxygen atoms in total. The summed E-state index contributed by atoms with van der Waals surface area (Å²) in [7, 11) is 0. The normalized spacial score (nSPS) is 11.1. The van der Waals surface area contributed by atoms with E-state index in [0.29, 0.717) is 6.07 Å². The standard InChI is InChI=1S/C11H9F5N2O2/c12-6-1-2-7(8(13)5-6)9(19)17-3-4-18-10(20)11(14,15)16/h1-2,5H,3-4H2,(H,17,19)(H,18,20). The maximum Gasteiger partial charge on any atom is 0.471 e. The van der Waals surface area contributed by atoms with Gasteiger partial charge in [-0.2, -0.15) is 13.2 Å². The van der Waals surface area contributed by atoms with Gasteiger partial charge < -0.3 is 10.6 Å². The molecule has 0 aliphatic carbocycles. The fourth-order valence-electron chi connectivity index (χ4n) is 1.22. The van der Waals surface area contributed by atoms with E-state index in [1.165, 1.54) is 5.32 Å². The van der Waals surface area contributed by atoms with Crippen LogP contribution in [0.2, 0.25) is 0 Å². The number of carbonyl (C=O) groups excluding carboxylic acids is 2. The molecule has 0 saturated carbocycles. The van der Waals surface area contributed by atoms with Crippen LogP contribution in [0, 0.1) is 11.6 Å². The Balaban J connectivity index is 2.43. The van der Waals surface area contributed by atoms with E-state index in [9.17, 15) is 31.5 Å². The van der Waals surface area contributed by atoms with Gasteiger partial charge >= 0.3 is 12.1 Å². The molecule has 1 rings (SSSR count). The van der Waals surface area contributed by atoms with E-state index >= 15 is 0 Å². The second-order valence-corrected chi connectivity index (χ2v) is 3.63. The highest BCUT2D eigenvalue weighted by Gasteiger charge is 2.38. The highest BCUT2D eigenvalue weighted by Crippen LogP contribution is 2.13. The van der Waals surface area contributed by atoms with Gasteiger partial charge in [0.1, 0.15) is 11.6 Å². The van der Waals surface area contributed by atoms with E-state index in [4.69, 9.17) is 0 Å². The Morgan fingerprint density at radius 3 is 2.20 bits per heavy atom. The van der Waals surface area contributed by atoms with Crippen LogP contribution in [0.25, 0.3) is 0 Å². The Morgan fingerprint density at radius 2 is 1.65 bits per heavy atom. The van der Waals surface area contributed by atoms with Gasteiger partial charge in [-0.15, -0.1) is 0 Å². The van der Waals surface area contributed by atoms with Gasteiger partial charge in [0.15, 0.2) is 0 Å². The van der Waals surface area contributed by atoms with E-state index < -0.39 is 41.7 Å². The van der Waals surface area contributed by atoms with Crippen molar-refractivity contribution in [2.45, 2.75) is 6.18 Å². The zero-order valence-corrected chi connectivity index (χ0v) is 9.85. The Kier molecular flexibility index (Phi) is 5.00. The lowest BCUT2D eigenvalue weighted by Crippen LogP contribution is -2.41. The Bertz CT molecular complexity index is 516. The Labute approximate surface area is 110 Å². The van der Waals surface area contributed by atoms with Gasteiger partial charge in [-0.1, -0.05) is 0 Å². The minimum atomic E-state index is -5.01. The van der Waals surface area contributed by atoms with Crippen LogP contribution in [0.1, 0.15) is 10.4 Å². The molecule has 2 amide bonds. The first-order chi connectivity index (χ1) is 9.21. The van der Waals surface area contributed by atoms with Crippen LogP contribution in [-0.4, -0.2) is 31.1 Å². The first-order valence-electron chi connectivity index (χ1n) is 5.30. The SMILES string of the molecule is O=C(NCCNC(=O)C(F)(F)F)c1ccc(F)cc1F. The first kappa shape index (κ1) is 15.9. The predicted molar refractivity (Wildman–Crippen MR) is 57.8 cm³/mol. The fourth-order valence-corrected chi connectivity index (χ4v) is 1.22. The van der Waals surface area contributed by atoms with Crippen LogP contribution in [0.4, 0.5) is 22.0 Å². The molecule has 0 aliphatic heterocycles. The van der Waals surface area contributed by atoms with Crippen molar-refractivity contribution in [2.75, 3.05) is 13.1 Å². The van der Waals surface area contributed by atoms with Crippen molar-refractivity contribution < 1.29 is 31.5 Å². The lowest BCUT2D eigenvalue weighted by molar-refractivity contribution is -0.173. The molecule has 0 radical (unpaired) electrons. The van der Waals surface area contributed by atoms with Crippen LogP contribution in [0.5, 0.6) is 0 Å². The van der Waals surface area contributed by atoms with Gasteiger partial charge in [-0.3, -0.25) is 9.59 Å². The smallest absolute Gasteiger partial charge is 0.350 e. The van der Waals surface area contributed by atoms with Crippen molar-refractivity contribution >= 4 is 11.8 Å². The van der Waals surface area contributed by atoms with Gasteiger partial charge in [0.2, 0.25) is 0 Å². The Morgan fingerprint density at radius 1 is 1.05 bits per heavy atom. The first-order valence-corrected chi connectivity index (χ1v) is 5.30. The molecule has 0 bridgehead atoms. The molecular formula is C11H9F5N2O2. The van der Waals surface area contributed by atoms with Crippen LogP contribution in [-0.2, 0) is 4.79 Å². The van der Waals surface area contributed by atoms with Crippen LogP contribution < -0.4 is 10.6 Å². The molecule has 0 unspecified atom stereocenters. The Hall–Kier alpha value is -2.19. The van der Waals surface area contributed by atoms with Crippen molar-refractivity contribution in [3.8, 4) is 0 Å². The average molecular weight is 296 g/mol. The van der Waals surface area contributed by atoms with Gasteiger partial charge in [0, 0.05) is 19.2 Å². The monoisotopic (exact) mass is 296 g/mol. The summed E-state index contributed by atoms with van der Waals surface area (Å²) in [6.45, 7) is -0.815. The largest absolute Gasteiger partial charge is 0.471 e. The van der Waals surface area contributed by atoms with Gasteiger partial charge in [-0.25, -0.2) is 8.78 Å². The third-order valence-corrected chi connectivity index (χ3v) is 2.13. The maximum absolute atomic E-state index is 13.2. The number of halogens is 5. The summed E-state index contributed by atoms with van der Waals surface area (Å²) < 4.78 is 61.2. The van der Waals surface area contributed by atoms with Crippen LogP contribution in [0.3, 0.4) is 0 Å². The van der Waals surface area contributed by atoms with Crippen LogP contribution >= 0.6 is 0 Å². The topological polar surface area (TPSA) is 58.2 Å². The molecule has 0 heterocycles. The number of amides is 2. The van der Waals surface area contributed by atoms with E-state index in [1.807, 2.05) is 0 Å². The van der Waals surface area contributed by atoms with Crippen molar-refractivity contribution in [1.29, 1.82) is 0 Å². The molecule has 1 aromatic carbocycles. The van der Waals surface area contributed by atoms with Crippen molar-refractivity contribution in [3.05, 3.63) is 35.4 Å². The molecule has 20 heavy (non-hydrogen) atoms. The van der Waals surface area contributed by atoms with E-state index in [0.717, 1.165) is 12.1 Å². The fraction of sp³-hybridized carbons (Fsp3) is 0.273. The summed E-state index contributed by atoms with van der Waals surface area (Å²) in [5.41, 5.74) is -0.450. The van der Waals surface area contributed by atoms with E-state index in [-0.39, 0.29) is 6.54 Å². The summed E-state index contributed by atoms with van der Waals surface area (Å²) in [5.74, 6) is -5.03. The number of rotatable bonds is 4. The lowest BCUT2D eigenvalue weighted by Gasteiger charge is -2.09. The average Bonchev–Trinajstić information content (AvgIpc) is 2.32. The van der Waals surface area contributed by atoms with Crippen molar-refractivity contribution in [3.63, 3.8) is 0 Å². The highest BCUT2D eigenvalue weighted by atomic mass is 19.4. The van der Waals surface area contributed by atoms with Crippen LogP contribution in [0.15, 0.2) is 18.2 Å². The van der Waals surface area contributed by atoms with Crippen molar-refractivity contribution in [2.24, 2.45) is 0 Å². The van der Waals surface area contributed by atoms with E-state index in [1.54, 1.807) is 0 Å². The molecule has 0 spiro atoms. The second-order valence-electron chi connectivity index (χ2n) is 3.63. The molecule has 0 aliphatic rings. The molecule has 0 fully saturated rings. The minimum Gasteiger partial charge on any atom is -0.350 e. The third-order valence-electron chi connectivity index (χ3n) is 2.13. The van der Waals surface area contributed by atoms with Gasteiger partial charge in [0.25, 0.3) is 5.91 Å². The van der Waals surface area contributed by atoms with Crippen molar-refractivity contribution in [1.82, 2.24) is 10.6 Å². The number of nitrogens with one attached hydrogen (secondary N) is 2. The number of alkyl halides is 3. The minimum absolute atomic E-state index is 0.336. The zero-order valence-electron chi connectivity index (χ0n) is 9.85. The highest BCUT2D eigenvalue weighted by molar-refractivity contribution is 5.94. The summed E-state index contributed by atoms with van der Waals surface area (Å²) in [6.07, 6.45) is -5.01. The maximum atomic E-state index is 13.2. The summed E-state index contributed by atoms with van der Waals surface area (Å²) in [6, 6.07) is 2.26. The molecule has 0 aromatic heterocycles. The summed E-state index contributed by atoms with van der Waals surface area (Å²) in [5, 5.41) is 3.60. The summed E-state index contributed by atoms with van der Waals surface area (Å²) >= 11 is 0. The molecule has 0 saturated heterocycles. The molecule has 2 N–H and O–H groups in total. The summed E-state index contributed by atoms with van der Waals surface area (Å²) in [4.78, 5) is 21.8. The molecule has 110 valence electrons. The number of carbonyl (C=O) groups is 2. The lowest BCUT2D eigenvalue weighted by atomic mass is 10.2. The molecule has 1 aromatic rings.